The molecule has 2 aliphatic rings. The minimum absolute atomic E-state index is 0.676. The molecule has 2 aromatic rings. The molecule has 1 aromatic heterocycles. The molecule has 0 bridgehead atoms. The van der Waals surface area contributed by atoms with Gasteiger partial charge in [0.2, 0.25) is 0 Å². The Labute approximate surface area is 120 Å². The highest BCUT2D eigenvalue weighted by molar-refractivity contribution is 5.84. The molecule has 2 saturated heterocycles. The van der Waals surface area contributed by atoms with Gasteiger partial charge in [0.05, 0.1) is 0 Å². The van der Waals surface area contributed by atoms with Crippen LogP contribution in [0.2, 0.25) is 0 Å². The van der Waals surface area contributed by atoms with Crippen LogP contribution in [0.1, 0.15) is 24.8 Å². The first-order valence-electron chi connectivity index (χ1n) is 7.71. The van der Waals surface area contributed by atoms with Gasteiger partial charge >= 0.3 is 0 Å². The van der Waals surface area contributed by atoms with Gasteiger partial charge in [-0.25, -0.2) is 0 Å². The summed E-state index contributed by atoms with van der Waals surface area (Å²) in [6.45, 7) is 3.56. The summed E-state index contributed by atoms with van der Waals surface area (Å²) in [7, 11) is 0. The lowest BCUT2D eigenvalue weighted by Crippen LogP contribution is -2.38. The third kappa shape index (κ3) is 2.11. The molecule has 3 heteroatoms. The molecule has 104 valence electrons. The third-order valence-electron chi connectivity index (χ3n) is 4.93. The van der Waals surface area contributed by atoms with Crippen LogP contribution in [0.4, 0.5) is 0 Å². The average molecular weight is 267 g/mol. The third-order valence-corrected chi connectivity index (χ3v) is 4.93. The molecule has 3 nitrogen and oxygen atoms in total. The first kappa shape index (κ1) is 12.3. The summed E-state index contributed by atoms with van der Waals surface area (Å²) in [4.78, 5) is 6.87. The maximum absolute atomic E-state index is 4.21. The number of fused-ring (bicyclic) bond motifs is 2. The molecule has 2 unspecified atom stereocenters. The van der Waals surface area contributed by atoms with E-state index in [1.807, 2.05) is 12.4 Å². The van der Waals surface area contributed by atoms with E-state index in [4.69, 9.17) is 0 Å². The predicted molar refractivity (Wildman–Crippen MR) is 81.6 cm³/mol. The van der Waals surface area contributed by atoms with Crippen LogP contribution >= 0.6 is 0 Å². The number of benzene rings is 1. The molecular weight excluding hydrogens is 246 g/mol. The van der Waals surface area contributed by atoms with Gasteiger partial charge in [-0.2, -0.15) is 0 Å². The summed E-state index contributed by atoms with van der Waals surface area (Å²) in [5.74, 6) is 0. The summed E-state index contributed by atoms with van der Waals surface area (Å²) in [6.07, 6.45) is 7.89. The highest BCUT2D eigenvalue weighted by Gasteiger charge is 2.36. The fourth-order valence-electron chi connectivity index (χ4n) is 3.91. The maximum atomic E-state index is 4.21. The van der Waals surface area contributed by atoms with Crippen molar-refractivity contribution in [3.05, 3.63) is 42.2 Å². The van der Waals surface area contributed by atoms with Gasteiger partial charge in [0, 0.05) is 43.0 Å². The Balaban J connectivity index is 1.51. The Bertz CT molecular complexity index is 605. The lowest BCUT2D eigenvalue weighted by atomic mass is 10.0. The number of nitrogens with one attached hydrogen (secondary N) is 1. The first-order chi connectivity index (χ1) is 9.92. The van der Waals surface area contributed by atoms with Gasteiger partial charge in [0.1, 0.15) is 0 Å². The fraction of sp³-hybridized carbons (Fsp3) is 0.471. The average Bonchev–Trinajstić information content (AvgIpc) is 3.09. The Kier molecular flexibility index (Phi) is 3.17. The van der Waals surface area contributed by atoms with Gasteiger partial charge in [0.25, 0.3) is 0 Å². The largest absolute Gasteiger partial charge is 0.308 e. The lowest BCUT2D eigenvalue weighted by Gasteiger charge is -2.21. The molecule has 1 N–H and O–H groups in total. The molecule has 0 amide bonds. The molecule has 0 radical (unpaired) electrons. The molecule has 2 aliphatic heterocycles. The van der Waals surface area contributed by atoms with Crippen molar-refractivity contribution in [1.82, 2.24) is 15.2 Å². The number of hydrogen-bond donors (Lipinski definition) is 1. The van der Waals surface area contributed by atoms with Crippen molar-refractivity contribution in [1.29, 1.82) is 0 Å². The van der Waals surface area contributed by atoms with E-state index in [-0.39, 0.29) is 0 Å². The van der Waals surface area contributed by atoms with E-state index >= 15 is 0 Å². The minimum atomic E-state index is 0.676. The summed E-state index contributed by atoms with van der Waals surface area (Å²) in [5, 5.41) is 6.37. The van der Waals surface area contributed by atoms with Crippen LogP contribution in [0.3, 0.4) is 0 Å². The monoisotopic (exact) mass is 267 g/mol. The zero-order valence-electron chi connectivity index (χ0n) is 11.8. The van der Waals surface area contributed by atoms with Crippen LogP contribution in [-0.4, -0.2) is 35.1 Å². The summed E-state index contributed by atoms with van der Waals surface area (Å²) in [6, 6.07) is 10.1. The molecule has 2 atom stereocenters. The van der Waals surface area contributed by atoms with Crippen molar-refractivity contribution in [3.8, 4) is 0 Å². The fourth-order valence-corrected chi connectivity index (χ4v) is 3.91. The number of rotatable bonds is 3. The van der Waals surface area contributed by atoms with E-state index in [0.717, 1.165) is 12.6 Å². The minimum Gasteiger partial charge on any atom is -0.308 e. The van der Waals surface area contributed by atoms with Crippen LogP contribution in [0.25, 0.3) is 10.8 Å². The SMILES string of the molecule is c1cc(CNC2CCN3CCCC23)c2ccncc2c1. The molecule has 1 aromatic carbocycles. The van der Waals surface area contributed by atoms with Crippen molar-refractivity contribution in [2.75, 3.05) is 13.1 Å². The van der Waals surface area contributed by atoms with Crippen LogP contribution in [0.5, 0.6) is 0 Å². The lowest BCUT2D eigenvalue weighted by molar-refractivity contribution is 0.298. The Morgan fingerprint density at radius 2 is 2.20 bits per heavy atom. The van der Waals surface area contributed by atoms with Gasteiger partial charge in [-0.1, -0.05) is 18.2 Å². The normalized spacial score (nSPS) is 26.2. The second kappa shape index (κ2) is 5.15. The highest BCUT2D eigenvalue weighted by atomic mass is 15.2. The second-order valence-electron chi connectivity index (χ2n) is 6.04. The van der Waals surface area contributed by atoms with Crippen LogP contribution in [0.15, 0.2) is 36.7 Å². The van der Waals surface area contributed by atoms with Gasteiger partial charge in [-0.05, 0) is 42.8 Å². The first-order valence-corrected chi connectivity index (χ1v) is 7.71. The van der Waals surface area contributed by atoms with E-state index in [1.165, 1.54) is 48.7 Å². The zero-order valence-corrected chi connectivity index (χ0v) is 11.8. The molecule has 0 saturated carbocycles. The smallest absolute Gasteiger partial charge is 0.0346 e. The Hall–Kier alpha value is -1.45. The second-order valence-corrected chi connectivity index (χ2v) is 6.04. The van der Waals surface area contributed by atoms with Crippen molar-refractivity contribution in [2.45, 2.75) is 37.9 Å². The maximum Gasteiger partial charge on any atom is 0.0346 e. The van der Waals surface area contributed by atoms with Gasteiger partial charge < -0.3 is 5.32 Å². The number of nitrogens with zero attached hydrogens (tertiary/aromatic N) is 2. The predicted octanol–water partition coefficient (Wildman–Crippen LogP) is 2.56. The van der Waals surface area contributed by atoms with Crippen molar-refractivity contribution >= 4 is 10.8 Å². The van der Waals surface area contributed by atoms with E-state index in [0.29, 0.717) is 6.04 Å². The van der Waals surface area contributed by atoms with Crippen molar-refractivity contribution in [3.63, 3.8) is 0 Å². The van der Waals surface area contributed by atoms with E-state index < -0.39 is 0 Å². The van der Waals surface area contributed by atoms with Gasteiger partial charge in [-0.3, -0.25) is 9.88 Å². The molecule has 0 spiro atoms. The van der Waals surface area contributed by atoms with Gasteiger partial charge in [-0.15, -0.1) is 0 Å². The van der Waals surface area contributed by atoms with E-state index in [1.54, 1.807) is 0 Å². The summed E-state index contributed by atoms with van der Waals surface area (Å²) < 4.78 is 0. The van der Waals surface area contributed by atoms with Crippen LogP contribution < -0.4 is 5.32 Å². The van der Waals surface area contributed by atoms with Gasteiger partial charge in [0.15, 0.2) is 0 Å². The van der Waals surface area contributed by atoms with Crippen molar-refractivity contribution in [2.24, 2.45) is 0 Å². The molecule has 0 aliphatic carbocycles. The van der Waals surface area contributed by atoms with Crippen molar-refractivity contribution < 1.29 is 0 Å². The Morgan fingerprint density at radius 3 is 3.20 bits per heavy atom. The Morgan fingerprint density at radius 1 is 1.20 bits per heavy atom. The van der Waals surface area contributed by atoms with Crippen LogP contribution in [-0.2, 0) is 6.54 Å². The zero-order chi connectivity index (χ0) is 13.4. The molecule has 20 heavy (non-hydrogen) atoms. The number of hydrogen-bond acceptors (Lipinski definition) is 3. The van der Waals surface area contributed by atoms with E-state index in [9.17, 15) is 0 Å². The molecule has 3 heterocycles. The summed E-state index contributed by atoms with van der Waals surface area (Å²) in [5.41, 5.74) is 1.39. The van der Waals surface area contributed by atoms with Crippen LogP contribution in [0, 0.1) is 0 Å². The number of pyridine rings is 1. The molecule has 2 fully saturated rings. The topological polar surface area (TPSA) is 28.2 Å². The summed E-state index contributed by atoms with van der Waals surface area (Å²) >= 11 is 0. The number of aromatic nitrogens is 1. The quantitative estimate of drug-likeness (QED) is 0.926. The highest BCUT2D eigenvalue weighted by Crippen LogP contribution is 2.28. The molecule has 4 rings (SSSR count). The molecular formula is C17H21N3. The standard InChI is InChI=1S/C17H21N3/c1-3-13-11-18-8-6-15(13)14(4-1)12-19-16-7-10-20-9-2-5-17(16)20/h1,3-4,6,8,11,16-17,19H,2,5,7,9-10,12H2. The van der Waals surface area contributed by atoms with E-state index in [2.05, 4.69) is 39.5 Å².